The first-order valence-electron chi connectivity index (χ1n) is 9.79. The van der Waals surface area contributed by atoms with Crippen molar-refractivity contribution in [1.29, 1.82) is 0 Å². The van der Waals surface area contributed by atoms with E-state index in [0.717, 1.165) is 29.6 Å². The molecule has 3 rings (SSSR count). The van der Waals surface area contributed by atoms with E-state index in [-0.39, 0.29) is 10.8 Å². The van der Waals surface area contributed by atoms with E-state index in [9.17, 15) is 14.7 Å². The Kier molecular flexibility index (Phi) is 5.08. The Labute approximate surface area is 167 Å². The van der Waals surface area contributed by atoms with Gasteiger partial charge in [-0.3, -0.25) is 0 Å². The molecule has 0 bridgehead atoms. The van der Waals surface area contributed by atoms with E-state index >= 15 is 0 Å². The van der Waals surface area contributed by atoms with Crippen LogP contribution in [0.4, 0.5) is 0 Å². The van der Waals surface area contributed by atoms with E-state index in [4.69, 9.17) is 0 Å². The highest BCUT2D eigenvalue weighted by Crippen LogP contribution is 2.47. The van der Waals surface area contributed by atoms with Gasteiger partial charge in [-0.05, 0) is 64.5 Å². The fraction of sp³-hybridized carbons (Fsp3) is 0.400. The van der Waals surface area contributed by atoms with Crippen molar-refractivity contribution >= 4 is 17.5 Å². The van der Waals surface area contributed by atoms with E-state index in [1.807, 2.05) is 24.2 Å². The molecule has 0 saturated heterocycles. The fourth-order valence-corrected chi connectivity index (χ4v) is 4.26. The van der Waals surface area contributed by atoms with Gasteiger partial charge in [-0.25, -0.2) is 9.59 Å². The van der Waals surface area contributed by atoms with Crippen LogP contribution < -0.4 is 0 Å². The molecule has 0 unspecified atom stereocenters. The maximum absolute atomic E-state index is 11.8. The standard InChI is InChI=1S/C25H28O3/c1-16(23(27)28)22(18-8-6-17(15-26)7-9-18)19-10-11-20-21(14-19)25(4,5)13-12-24(20,2)3/h6,8-11,14H,7,12-13H2,1-5H3,(H,27,28). The first-order chi connectivity index (χ1) is 13.1. The summed E-state index contributed by atoms with van der Waals surface area (Å²) in [6, 6.07) is 6.39. The van der Waals surface area contributed by atoms with Crippen LogP contribution in [0.25, 0.3) is 5.57 Å². The lowest BCUT2D eigenvalue weighted by Gasteiger charge is -2.42. The van der Waals surface area contributed by atoms with Crippen molar-refractivity contribution in [3.8, 4) is 0 Å². The van der Waals surface area contributed by atoms with Crippen molar-refractivity contribution in [2.45, 2.75) is 64.7 Å². The molecule has 0 fully saturated rings. The molecule has 3 nitrogen and oxygen atoms in total. The third-order valence-electron chi connectivity index (χ3n) is 6.26. The number of carboxylic acid groups (broad SMARTS) is 1. The van der Waals surface area contributed by atoms with E-state index in [1.54, 1.807) is 13.0 Å². The minimum Gasteiger partial charge on any atom is -0.478 e. The van der Waals surface area contributed by atoms with Crippen LogP contribution in [-0.4, -0.2) is 17.0 Å². The molecule has 146 valence electrons. The number of carbonyl (C=O) groups excluding carboxylic acids is 1. The Bertz CT molecular complexity index is 977. The third-order valence-corrected chi connectivity index (χ3v) is 6.26. The molecule has 2 aliphatic rings. The second-order valence-corrected chi connectivity index (χ2v) is 9.16. The predicted molar refractivity (Wildman–Crippen MR) is 113 cm³/mol. The Morgan fingerprint density at radius 2 is 1.68 bits per heavy atom. The Morgan fingerprint density at radius 1 is 1.04 bits per heavy atom. The minimum atomic E-state index is -0.932. The molecular formula is C25H28O3. The maximum Gasteiger partial charge on any atom is 0.331 e. The van der Waals surface area contributed by atoms with Crippen molar-refractivity contribution in [3.63, 3.8) is 0 Å². The van der Waals surface area contributed by atoms with Crippen molar-refractivity contribution in [2.75, 3.05) is 0 Å². The van der Waals surface area contributed by atoms with Gasteiger partial charge < -0.3 is 5.11 Å². The summed E-state index contributed by atoms with van der Waals surface area (Å²) in [6.07, 6.45) is 8.16. The van der Waals surface area contributed by atoms with Gasteiger partial charge in [0.25, 0.3) is 0 Å². The Balaban J connectivity index is 2.20. The van der Waals surface area contributed by atoms with Gasteiger partial charge in [0.2, 0.25) is 0 Å². The highest BCUT2D eigenvalue weighted by Gasteiger charge is 2.37. The van der Waals surface area contributed by atoms with Gasteiger partial charge in [0.15, 0.2) is 0 Å². The van der Waals surface area contributed by atoms with Crippen LogP contribution in [0.5, 0.6) is 0 Å². The van der Waals surface area contributed by atoms with Gasteiger partial charge in [-0.1, -0.05) is 58.0 Å². The maximum atomic E-state index is 11.8. The molecule has 3 heteroatoms. The van der Waals surface area contributed by atoms with Crippen LogP contribution in [0.2, 0.25) is 0 Å². The minimum absolute atomic E-state index is 0.0489. The summed E-state index contributed by atoms with van der Waals surface area (Å²) in [4.78, 5) is 22.7. The predicted octanol–water partition coefficient (Wildman–Crippen LogP) is 5.54. The van der Waals surface area contributed by atoms with Crippen LogP contribution in [0, 0.1) is 0 Å². The smallest absolute Gasteiger partial charge is 0.331 e. The van der Waals surface area contributed by atoms with Crippen molar-refractivity contribution in [1.82, 2.24) is 0 Å². The van der Waals surface area contributed by atoms with Gasteiger partial charge in [0.05, 0.1) is 0 Å². The molecule has 0 radical (unpaired) electrons. The SMILES string of the molecule is CC(C(=O)O)=C(C1=CCC(=C=O)C=C1)c1ccc2c(c1)C(C)(C)CCC2(C)C. The third kappa shape index (κ3) is 3.55. The highest BCUT2D eigenvalue weighted by molar-refractivity contribution is 6.01. The lowest BCUT2D eigenvalue weighted by molar-refractivity contribution is -0.132. The van der Waals surface area contributed by atoms with Crippen molar-refractivity contribution in [2.24, 2.45) is 0 Å². The highest BCUT2D eigenvalue weighted by atomic mass is 16.4. The van der Waals surface area contributed by atoms with Gasteiger partial charge in [0.1, 0.15) is 5.94 Å². The van der Waals surface area contributed by atoms with Crippen LogP contribution in [0.15, 0.2) is 53.1 Å². The molecule has 0 atom stereocenters. The van der Waals surface area contributed by atoms with Crippen LogP contribution in [0.3, 0.4) is 0 Å². The summed E-state index contributed by atoms with van der Waals surface area (Å²) >= 11 is 0. The summed E-state index contributed by atoms with van der Waals surface area (Å²) in [7, 11) is 0. The van der Waals surface area contributed by atoms with Gasteiger partial charge in [0, 0.05) is 17.6 Å². The van der Waals surface area contributed by atoms with E-state index in [0.29, 0.717) is 17.6 Å². The number of allylic oxidation sites excluding steroid dienone is 6. The number of carbonyl (C=O) groups is 1. The average molecular weight is 376 g/mol. The van der Waals surface area contributed by atoms with Gasteiger partial charge in [-0.15, -0.1) is 0 Å². The van der Waals surface area contributed by atoms with Gasteiger partial charge >= 0.3 is 5.97 Å². The molecule has 28 heavy (non-hydrogen) atoms. The molecular weight excluding hydrogens is 348 g/mol. The zero-order valence-electron chi connectivity index (χ0n) is 17.3. The number of hydrogen-bond acceptors (Lipinski definition) is 2. The summed E-state index contributed by atoms with van der Waals surface area (Å²) in [5.74, 6) is 0.987. The molecule has 0 aromatic heterocycles. The zero-order valence-corrected chi connectivity index (χ0v) is 17.3. The topological polar surface area (TPSA) is 54.4 Å². The summed E-state index contributed by atoms with van der Waals surface area (Å²) in [5.41, 5.74) is 6.16. The number of rotatable bonds is 3. The fourth-order valence-electron chi connectivity index (χ4n) is 4.26. The second-order valence-electron chi connectivity index (χ2n) is 9.16. The second kappa shape index (κ2) is 7.07. The number of carboxylic acids is 1. The summed E-state index contributed by atoms with van der Waals surface area (Å²) in [5, 5.41) is 9.69. The average Bonchev–Trinajstić information content (AvgIpc) is 2.66. The largest absolute Gasteiger partial charge is 0.478 e. The Morgan fingerprint density at radius 3 is 2.21 bits per heavy atom. The molecule has 0 aliphatic heterocycles. The number of aliphatic carboxylic acids is 1. The first kappa shape index (κ1) is 20.1. The molecule has 2 aliphatic carbocycles. The molecule has 1 N–H and O–H groups in total. The first-order valence-corrected chi connectivity index (χ1v) is 9.79. The lowest BCUT2D eigenvalue weighted by atomic mass is 9.62. The molecule has 1 aromatic rings. The molecule has 0 saturated carbocycles. The molecule has 0 amide bonds. The summed E-state index contributed by atoms with van der Waals surface area (Å²) < 4.78 is 0. The molecule has 0 heterocycles. The number of hydrogen-bond donors (Lipinski definition) is 1. The summed E-state index contributed by atoms with van der Waals surface area (Å²) in [6.45, 7) is 10.7. The molecule has 0 spiro atoms. The van der Waals surface area contributed by atoms with Gasteiger partial charge in [-0.2, -0.15) is 0 Å². The monoisotopic (exact) mass is 376 g/mol. The normalized spacial score (nSPS) is 20.6. The van der Waals surface area contributed by atoms with E-state index in [2.05, 4.69) is 39.8 Å². The lowest BCUT2D eigenvalue weighted by Crippen LogP contribution is -2.33. The van der Waals surface area contributed by atoms with Crippen molar-refractivity contribution < 1.29 is 14.7 Å². The van der Waals surface area contributed by atoms with E-state index < -0.39 is 5.97 Å². The Hall–Kier alpha value is -2.64. The quantitative estimate of drug-likeness (QED) is 0.557. The van der Waals surface area contributed by atoms with Crippen molar-refractivity contribution in [3.05, 3.63) is 69.8 Å². The van der Waals surface area contributed by atoms with Crippen LogP contribution in [-0.2, 0) is 20.4 Å². The van der Waals surface area contributed by atoms with Crippen LogP contribution >= 0.6 is 0 Å². The molecule has 1 aromatic carbocycles. The van der Waals surface area contributed by atoms with Crippen LogP contribution in [0.1, 0.15) is 70.6 Å². The number of fused-ring (bicyclic) bond motifs is 1. The number of benzene rings is 1. The van der Waals surface area contributed by atoms with E-state index in [1.165, 1.54) is 11.1 Å². The zero-order chi connectivity index (χ0) is 20.7.